The van der Waals surface area contributed by atoms with Gasteiger partial charge in [-0.25, -0.2) is 4.68 Å². The van der Waals surface area contributed by atoms with Crippen LogP contribution in [-0.2, 0) is 6.42 Å². The Morgan fingerprint density at radius 3 is 2.65 bits per heavy atom. The highest BCUT2D eigenvalue weighted by atomic mass is 35.5. The van der Waals surface area contributed by atoms with Gasteiger partial charge in [0.15, 0.2) is 0 Å². The predicted molar refractivity (Wildman–Crippen MR) is 68.8 cm³/mol. The van der Waals surface area contributed by atoms with E-state index in [1.165, 1.54) is 4.68 Å². The average Bonchev–Trinajstić information content (AvgIpc) is 2.69. The smallest absolute Gasteiger partial charge is 0.274 e. The number of nitrogens with zero attached hydrogens (tertiary/aromatic N) is 1. The summed E-state index contributed by atoms with van der Waals surface area (Å²) < 4.78 is 1.50. The summed E-state index contributed by atoms with van der Waals surface area (Å²) in [6, 6.07) is 7.10. The first-order valence-corrected chi connectivity index (χ1v) is 5.85. The van der Waals surface area contributed by atoms with E-state index >= 15 is 0 Å². The van der Waals surface area contributed by atoms with Crippen LogP contribution < -0.4 is 11.3 Å². The number of aryl methyl sites for hydroxylation is 1. The van der Waals surface area contributed by atoms with Crippen molar-refractivity contribution in [2.45, 2.75) is 12.8 Å². The van der Waals surface area contributed by atoms with E-state index in [1.807, 2.05) is 0 Å². The Hall–Kier alpha value is -1.52. The lowest BCUT2D eigenvalue weighted by Crippen LogP contribution is -2.17. The fraction of sp³-hybridized carbons (Fsp3) is 0.250. The minimum absolute atomic E-state index is 0.0271. The van der Waals surface area contributed by atoms with Crippen molar-refractivity contribution >= 4 is 11.6 Å². The highest BCUT2D eigenvalue weighted by molar-refractivity contribution is 6.30. The third-order valence-electron chi connectivity index (χ3n) is 2.58. The first kappa shape index (κ1) is 12.0. The van der Waals surface area contributed by atoms with E-state index in [0.29, 0.717) is 18.0 Å². The molecule has 0 fully saturated rings. The van der Waals surface area contributed by atoms with Crippen LogP contribution in [0.4, 0.5) is 0 Å². The van der Waals surface area contributed by atoms with Crippen molar-refractivity contribution in [3.05, 3.63) is 51.4 Å². The second-order valence-corrected chi connectivity index (χ2v) is 4.24. The topological polar surface area (TPSA) is 63.8 Å². The van der Waals surface area contributed by atoms with Gasteiger partial charge in [-0.05, 0) is 43.7 Å². The third-order valence-corrected chi connectivity index (χ3v) is 2.83. The summed E-state index contributed by atoms with van der Waals surface area (Å²) in [7, 11) is 0. The number of nitrogens with one attached hydrogen (secondary N) is 1. The highest BCUT2D eigenvalue weighted by Crippen LogP contribution is 2.11. The molecule has 17 heavy (non-hydrogen) atoms. The second kappa shape index (κ2) is 5.21. The van der Waals surface area contributed by atoms with Crippen molar-refractivity contribution in [1.82, 2.24) is 9.78 Å². The molecule has 1 aromatic heterocycles. The molecular weight excluding hydrogens is 238 g/mol. The van der Waals surface area contributed by atoms with Gasteiger partial charge >= 0.3 is 0 Å². The number of hydrogen-bond acceptors (Lipinski definition) is 2. The molecule has 1 aromatic carbocycles. The first-order valence-electron chi connectivity index (χ1n) is 5.47. The number of nitrogens with two attached hydrogens (primary N) is 1. The molecule has 0 bridgehead atoms. The molecule has 0 unspecified atom stereocenters. The summed E-state index contributed by atoms with van der Waals surface area (Å²) in [5.74, 6) is 0. The fourth-order valence-electron chi connectivity index (χ4n) is 1.66. The fourth-order valence-corrected chi connectivity index (χ4v) is 1.79. The van der Waals surface area contributed by atoms with Gasteiger partial charge in [-0.15, -0.1) is 0 Å². The molecule has 2 rings (SSSR count). The van der Waals surface area contributed by atoms with E-state index in [1.54, 1.807) is 30.5 Å². The van der Waals surface area contributed by atoms with Gasteiger partial charge in [-0.1, -0.05) is 11.6 Å². The Morgan fingerprint density at radius 2 is 2.00 bits per heavy atom. The van der Waals surface area contributed by atoms with Gasteiger partial charge in [0.05, 0.1) is 5.69 Å². The molecule has 0 amide bonds. The zero-order chi connectivity index (χ0) is 12.3. The van der Waals surface area contributed by atoms with Crippen LogP contribution in [0.2, 0.25) is 5.02 Å². The Balaban J connectivity index is 2.31. The zero-order valence-electron chi connectivity index (χ0n) is 9.32. The van der Waals surface area contributed by atoms with Crippen LogP contribution in [-0.4, -0.2) is 16.3 Å². The minimum atomic E-state index is -0.0271. The predicted octanol–water partition coefficient (Wildman–Crippen LogP) is 1.71. The van der Waals surface area contributed by atoms with Gasteiger partial charge in [-0.3, -0.25) is 9.89 Å². The SMILES string of the molecule is NCCCc1c[nH]n(-c2ccc(Cl)cc2)c1=O. The summed E-state index contributed by atoms with van der Waals surface area (Å²) in [6.07, 6.45) is 3.24. The number of aromatic amines is 1. The summed E-state index contributed by atoms with van der Waals surface area (Å²) in [5.41, 5.74) is 6.93. The quantitative estimate of drug-likeness (QED) is 0.869. The van der Waals surface area contributed by atoms with Crippen LogP contribution in [0.15, 0.2) is 35.3 Å². The van der Waals surface area contributed by atoms with Crippen LogP contribution in [0.1, 0.15) is 12.0 Å². The lowest BCUT2D eigenvalue weighted by molar-refractivity contribution is 0.816. The van der Waals surface area contributed by atoms with E-state index in [0.717, 1.165) is 17.7 Å². The van der Waals surface area contributed by atoms with E-state index in [9.17, 15) is 4.79 Å². The van der Waals surface area contributed by atoms with E-state index < -0.39 is 0 Å². The molecule has 0 radical (unpaired) electrons. The maximum absolute atomic E-state index is 12.0. The normalized spacial score (nSPS) is 10.7. The molecule has 0 saturated carbocycles. The maximum Gasteiger partial charge on any atom is 0.274 e. The molecule has 90 valence electrons. The molecular formula is C12H14ClN3O. The van der Waals surface area contributed by atoms with Crippen molar-refractivity contribution in [1.29, 1.82) is 0 Å². The van der Waals surface area contributed by atoms with Crippen LogP contribution in [0.25, 0.3) is 5.69 Å². The minimum Gasteiger partial charge on any atom is -0.330 e. The van der Waals surface area contributed by atoms with Crippen LogP contribution in [0, 0.1) is 0 Å². The Bertz CT molecular complexity index is 542. The van der Waals surface area contributed by atoms with Crippen LogP contribution in [0.5, 0.6) is 0 Å². The van der Waals surface area contributed by atoms with Crippen molar-refractivity contribution in [2.75, 3.05) is 6.54 Å². The highest BCUT2D eigenvalue weighted by Gasteiger charge is 2.06. The summed E-state index contributed by atoms with van der Waals surface area (Å²) >= 11 is 5.80. The number of H-pyrrole nitrogens is 1. The standard InChI is InChI=1S/C12H14ClN3O/c13-10-3-5-11(6-4-10)16-12(17)9(8-15-16)2-1-7-14/h3-6,8,15H,1-2,7,14H2. The molecule has 1 heterocycles. The number of hydrogen-bond donors (Lipinski definition) is 2. The monoisotopic (exact) mass is 251 g/mol. The van der Waals surface area contributed by atoms with Crippen molar-refractivity contribution in [3.8, 4) is 5.69 Å². The van der Waals surface area contributed by atoms with Crippen molar-refractivity contribution < 1.29 is 0 Å². The molecule has 5 heteroatoms. The number of benzene rings is 1. The van der Waals surface area contributed by atoms with Crippen LogP contribution in [0.3, 0.4) is 0 Å². The Labute approximate surface area is 104 Å². The summed E-state index contributed by atoms with van der Waals surface area (Å²) in [4.78, 5) is 12.0. The molecule has 0 aliphatic rings. The summed E-state index contributed by atoms with van der Waals surface area (Å²) in [6.45, 7) is 0.589. The van der Waals surface area contributed by atoms with Gasteiger partial charge in [0.1, 0.15) is 0 Å². The molecule has 0 atom stereocenters. The lowest BCUT2D eigenvalue weighted by atomic mass is 10.2. The zero-order valence-corrected chi connectivity index (χ0v) is 10.1. The molecule has 2 aromatic rings. The number of rotatable bonds is 4. The lowest BCUT2D eigenvalue weighted by Gasteiger charge is -2.00. The van der Waals surface area contributed by atoms with Crippen LogP contribution >= 0.6 is 11.6 Å². The van der Waals surface area contributed by atoms with Crippen molar-refractivity contribution in [3.63, 3.8) is 0 Å². The summed E-state index contributed by atoms with van der Waals surface area (Å²) in [5, 5.41) is 3.59. The molecule has 3 N–H and O–H groups in total. The molecule has 0 aliphatic heterocycles. The van der Waals surface area contributed by atoms with Gasteiger partial charge < -0.3 is 5.73 Å². The average molecular weight is 252 g/mol. The maximum atomic E-state index is 12.0. The third kappa shape index (κ3) is 2.60. The van der Waals surface area contributed by atoms with Crippen molar-refractivity contribution in [2.24, 2.45) is 5.73 Å². The molecule has 0 aliphatic carbocycles. The largest absolute Gasteiger partial charge is 0.330 e. The first-order chi connectivity index (χ1) is 8.22. The number of halogens is 1. The van der Waals surface area contributed by atoms with E-state index in [-0.39, 0.29) is 5.56 Å². The van der Waals surface area contributed by atoms with E-state index in [4.69, 9.17) is 17.3 Å². The Kier molecular flexibility index (Phi) is 3.66. The molecule has 0 saturated heterocycles. The van der Waals surface area contributed by atoms with Gasteiger partial charge in [0.2, 0.25) is 0 Å². The molecule has 4 nitrogen and oxygen atoms in total. The van der Waals surface area contributed by atoms with Gasteiger partial charge in [-0.2, -0.15) is 0 Å². The van der Waals surface area contributed by atoms with E-state index in [2.05, 4.69) is 5.10 Å². The molecule has 0 spiro atoms. The Morgan fingerprint density at radius 1 is 1.29 bits per heavy atom. The second-order valence-electron chi connectivity index (χ2n) is 3.81. The van der Waals surface area contributed by atoms with Gasteiger partial charge in [0.25, 0.3) is 5.56 Å². The van der Waals surface area contributed by atoms with Gasteiger partial charge in [0, 0.05) is 16.8 Å². The number of aromatic nitrogens is 2.